The molecule has 4 heteroatoms. The van der Waals surface area contributed by atoms with Crippen molar-refractivity contribution in [2.45, 2.75) is 51.2 Å². The van der Waals surface area contributed by atoms with Gasteiger partial charge in [-0.1, -0.05) is 6.42 Å². The van der Waals surface area contributed by atoms with E-state index in [0.717, 1.165) is 12.2 Å². The number of aromatic nitrogens is 2. The summed E-state index contributed by atoms with van der Waals surface area (Å²) < 4.78 is 5.46. The molecule has 1 aliphatic carbocycles. The summed E-state index contributed by atoms with van der Waals surface area (Å²) in [7, 11) is 3.71. The van der Waals surface area contributed by atoms with Gasteiger partial charge in [0.05, 0.1) is 0 Å². The maximum absolute atomic E-state index is 5.46. The molecular formula is C14H23N3O. The Kier molecular flexibility index (Phi) is 3.97. The number of hydrogen-bond donors (Lipinski definition) is 1. The highest BCUT2D eigenvalue weighted by molar-refractivity contribution is 5.24. The SMILES string of the molecule is CNC1CCCCc2nc(C(C)(C)OC)ncc21. The second kappa shape index (κ2) is 5.33. The van der Waals surface area contributed by atoms with Crippen molar-refractivity contribution >= 4 is 0 Å². The summed E-state index contributed by atoms with van der Waals surface area (Å²) in [6.07, 6.45) is 6.63. The molecule has 0 fully saturated rings. The number of nitrogens with one attached hydrogen (secondary N) is 1. The van der Waals surface area contributed by atoms with Gasteiger partial charge in [0.25, 0.3) is 0 Å². The number of nitrogens with zero attached hydrogens (tertiary/aromatic N) is 2. The molecule has 0 saturated carbocycles. The molecule has 1 atom stereocenters. The highest BCUT2D eigenvalue weighted by Crippen LogP contribution is 2.29. The normalized spacial score (nSPS) is 20.3. The fourth-order valence-electron chi connectivity index (χ4n) is 2.40. The van der Waals surface area contributed by atoms with Gasteiger partial charge in [-0.2, -0.15) is 0 Å². The summed E-state index contributed by atoms with van der Waals surface area (Å²) in [6.45, 7) is 4.00. The Morgan fingerprint density at radius 3 is 2.83 bits per heavy atom. The van der Waals surface area contributed by atoms with Crippen LogP contribution in [0.25, 0.3) is 0 Å². The third-order valence-corrected chi connectivity index (χ3v) is 3.83. The average Bonchev–Trinajstić information content (AvgIpc) is 2.59. The van der Waals surface area contributed by atoms with Crippen LogP contribution in [-0.4, -0.2) is 24.1 Å². The van der Waals surface area contributed by atoms with Gasteiger partial charge in [0.1, 0.15) is 5.60 Å². The number of aryl methyl sites for hydroxylation is 1. The quantitative estimate of drug-likeness (QED) is 0.835. The van der Waals surface area contributed by atoms with E-state index in [-0.39, 0.29) is 0 Å². The Hall–Kier alpha value is -1.00. The van der Waals surface area contributed by atoms with Crippen molar-refractivity contribution < 1.29 is 4.74 Å². The van der Waals surface area contributed by atoms with Gasteiger partial charge in [0, 0.05) is 30.6 Å². The van der Waals surface area contributed by atoms with Gasteiger partial charge in [-0.25, -0.2) is 9.97 Å². The van der Waals surface area contributed by atoms with Crippen molar-refractivity contribution in [3.8, 4) is 0 Å². The number of methoxy groups -OCH3 is 1. The second-order valence-electron chi connectivity index (χ2n) is 5.40. The van der Waals surface area contributed by atoms with E-state index in [1.54, 1.807) is 7.11 Å². The first-order chi connectivity index (χ1) is 8.58. The fourth-order valence-corrected chi connectivity index (χ4v) is 2.40. The zero-order chi connectivity index (χ0) is 13.2. The second-order valence-corrected chi connectivity index (χ2v) is 5.40. The van der Waals surface area contributed by atoms with Gasteiger partial charge in [0.2, 0.25) is 0 Å². The summed E-state index contributed by atoms with van der Waals surface area (Å²) >= 11 is 0. The Morgan fingerprint density at radius 1 is 1.39 bits per heavy atom. The Balaban J connectivity index is 2.39. The lowest BCUT2D eigenvalue weighted by molar-refractivity contribution is 0.0112. The zero-order valence-corrected chi connectivity index (χ0v) is 11.8. The summed E-state index contributed by atoms with van der Waals surface area (Å²) in [4.78, 5) is 9.24. The van der Waals surface area contributed by atoms with Crippen LogP contribution in [0.3, 0.4) is 0 Å². The third kappa shape index (κ3) is 2.54. The van der Waals surface area contributed by atoms with Crippen LogP contribution in [0.1, 0.15) is 56.2 Å². The largest absolute Gasteiger partial charge is 0.371 e. The van der Waals surface area contributed by atoms with Gasteiger partial charge in [0.15, 0.2) is 5.82 Å². The van der Waals surface area contributed by atoms with Crippen molar-refractivity contribution in [2.75, 3.05) is 14.2 Å². The van der Waals surface area contributed by atoms with Crippen LogP contribution >= 0.6 is 0 Å². The lowest BCUT2D eigenvalue weighted by Crippen LogP contribution is -2.25. The van der Waals surface area contributed by atoms with Gasteiger partial charge in [-0.15, -0.1) is 0 Å². The van der Waals surface area contributed by atoms with Crippen LogP contribution in [0.2, 0.25) is 0 Å². The van der Waals surface area contributed by atoms with Crippen LogP contribution < -0.4 is 5.32 Å². The van der Waals surface area contributed by atoms with E-state index < -0.39 is 5.60 Å². The minimum atomic E-state index is -0.420. The molecule has 1 aliphatic rings. The average molecular weight is 249 g/mol. The minimum absolute atomic E-state index is 0.391. The Morgan fingerprint density at radius 2 is 2.17 bits per heavy atom. The van der Waals surface area contributed by atoms with E-state index in [9.17, 15) is 0 Å². The number of rotatable bonds is 3. The molecule has 1 unspecified atom stereocenters. The van der Waals surface area contributed by atoms with Crippen molar-refractivity contribution in [1.82, 2.24) is 15.3 Å². The predicted octanol–water partition coefficient (Wildman–Crippen LogP) is 2.35. The van der Waals surface area contributed by atoms with E-state index in [1.807, 2.05) is 27.1 Å². The van der Waals surface area contributed by atoms with Gasteiger partial charge in [-0.3, -0.25) is 0 Å². The standard InChI is InChI=1S/C14H23N3O/c1-14(2,18-4)13-16-9-10-11(15-3)7-5-6-8-12(10)17-13/h9,11,15H,5-8H2,1-4H3. The van der Waals surface area contributed by atoms with Crippen molar-refractivity contribution in [3.05, 3.63) is 23.3 Å². The molecule has 1 heterocycles. The molecule has 0 amide bonds. The molecule has 1 aromatic rings. The Labute approximate surface area is 109 Å². The highest BCUT2D eigenvalue weighted by atomic mass is 16.5. The smallest absolute Gasteiger partial charge is 0.159 e. The molecule has 0 spiro atoms. The zero-order valence-electron chi connectivity index (χ0n) is 11.8. The van der Waals surface area contributed by atoms with Crippen LogP contribution in [-0.2, 0) is 16.8 Å². The van der Waals surface area contributed by atoms with Crippen LogP contribution in [0.4, 0.5) is 0 Å². The van der Waals surface area contributed by atoms with Gasteiger partial charge < -0.3 is 10.1 Å². The molecule has 0 aromatic carbocycles. The van der Waals surface area contributed by atoms with E-state index in [0.29, 0.717) is 6.04 Å². The molecule has 100 valence electrons. The molecule has 4 nitrogen and oxygen atoms in total. The molecule has 0 radical (unpaired) electrons. The van der Waals surface area contributed by atoms with Crippen molar-refractivity contribution in [1.29, 1.82) is 0 Å². The van der Waals surface area contributed by atoms with E-state index in [1.165, 1.54) is 30.5 Å². The first-order valence-corrected chi connectivity index (χ1v) is 6.67. The van der Waals surface area contributed by atoms with Gasteiger partial charge >= 0.3 is 0 Å². The van der Waals surface area contributed by atoms with E-state index in [2.05, 4.69) is 10.3 Å². The monoisotopic (exact) mass is 249 g/mol. The third-order valence-electron chi connectivity index (χ3n) is 3.83. The number of fused-ring (bicyclic) bond motifs is 1. The summed E-state index contributed by atoms with van der Waals surface area (Å²) in [5.41, 5.74) is 2.02. The lowest BCUT2D eigenvalue weighted by atomic mass is 10.0. The van der Waals surface area contributed by atoms with Crippen LogP contribution in [0, 0.1) is 0 Å². The topological polar surface area (TPSA) is 47.0 Å². The van der Waals surface area contributed by atoms with E-state index >= 15 is 0 Å². The van der Waals surface area contributed by atoms with E-state index in [4.69, 9.17) is 9.72 Å². The minimum Gasteiger partial charge on any atom is -0.371 e. The first kappa shape index (κ1) is 13.4. The molecule has 0 aliphatic heterocycles. The predicted molar refractivity (Wildman–Crippen MR) is 71.4 cm³/mol. The maximum Gasteiger partial charge on any atom is 0.159 e. The molecule has 0 saturated heterocycles. The maximum atomic E-state index is 5.46. The van der Waals surface area contributed by atoms with Crippen LogP contribution in [0.15, 0.2) is 6.20 Å². The highest BCUT2D eigenvalue weighted by Gasteiger charge is 2.26. The molecule has 1 N–H and O–H groups in total. The summed E-state index contributed by atoms with van der Waals surface area (Å²) in [5, 5.41) is 3.36. The molecule has 18 heavy (non-hydrogen) atoms. The fraction of sp³-hybridized carbons (Fsp3) is 0.714. The Bertz CT molecular complexity index is 418. The van der Waals surface area contributed by atoms with Gasteiger partial charge in [-0.05, 0) is 40.2 Å². The van der Waals surface area contributed by atoms with Crippen molar-refractivity contribution in [3.63, 3.8) is 0 Å². The molecular weight excluding hydrogens is 226 g/mol. The number of hydrogen-bond acceptors (Lipinski definition) is 4. The molecule has 1 aromatic heterocycles. The molecule has 0 bridgehead atoms. The van der Waals surface area contributed by atoms with Crippen LogP contribution in [0.5, 0.6) is 0 Å². The number of ether oxygens (including phenoxy) is 1. The first-order valence-electron chi connectivity index (χ1n) is 6.67. The molecule has 2 rings (SSSR count). The summed E-state index contributed by atoms with van der Waals surface area (Å²) in [6, 6.07) is 0.391. The summed E-state index contributed by atoms with van der Waals surface area (Å²) in [5.74, 6) is 0.778. The lowest BCUT2D eigenvalue weighted by Gasteiger charge is -2.23. The van der Waals surface area contributed by atoms with Crippen molar-refractivity contribution in [2.24, 2.45) is 0 Å².